The van der Waals surface area contributed by atoms with Gasteiger partial charge in [-0.05, 0) is 61.2 Å². The Morgan fingerprint density at radius 2 is 1.78 bits per heavy atom. The van der Waals surface area contributed by atoms with Gasteiger partial charge in [-0.2, -0.15) is 4.80 Å². The summed E-state index contributed by atoms with van der Waals surface area (Å²) in [6, 6.07) is 13.4. The van der Waals surface area contributed by atoms with Crippen molar-refractivity contribution in [1.82, 2.24) is 20.2 Å². The van der Waals surface area contributed by atoms with Crippen LogP contribution in [0.5, 0.6) is 0 Å². The van der Waals surface area contributed by atoms with Crippen molar-refractivity contribution < 1.29 is 4.79 Å². The van der Waals surface area contributed by atoms with Crippen LogP contribution >= 0.6 is 0 Å². The summed E-state index contributed by atoms with van der Waals surface area (Å²) in [7, 11) is 1.79. The third-order valence-corrected chi connectivity index (χ3v) is 6.36. The van der Waals surface area contributed by atoms with Crippen LogP contribution in [-0.4, -0.2) is 33.2 Å². The van der Waals surface area contributed by atoms with E-state index in [1.807, 2.05) is 63.2 Å². The van der Waals surface area contributed by atoms with E-state index in [-0.39, 0.29) is 5.91 Å². The molecule has 0 aliphatic rings. The van der Waals surface area contributed by atoms with Gasteiger partial charge in [0, 0.05) is 18.4 Å². The molecular weight excluding hydrogens is 400 g/mol. The van der Waals surface area contributed by atoms with Crippen LogP contribution in [0.3, 0.4) is 0 Å². The Hall–Kier alpha value is -3.22. The van der Waals surface area contributed by atoms with Gasteiger partial charge in [0.1, 0.15) is 5.41 Å². The van der Waals surface area contributed by atoms with E-state index in [0.29, 0.717) is 18.1 Å². The fraction of sp³-hybridized carbons (Fsp3) is 0.440. The number of anilines is 2. The molecular formula is C25H34N6O. The van der Waals surface area contributed by atoms with Crippen LogP contribution in [-0.2, 0) is 16.8 Å². The fourth-order valence-corrected chi connectivity index (χ4v) is 3.97. The van der Waals surface area contributed by atoms with Gasteiger partial charge in [-0.15, -0.1) is 10.2 Å². The number of carbonyl (C=O) groups is 1. The largest absolute Gasteiger partial charge is 0.399 e. The zero-order chi connectivity index (χ0) is 23.3. The fourth-order valence-electron chi connectivity index (χ4n) is 3.97. The Morgan fingerprint density at radius 1 is 1.06 bits per heavy atom. The lowest BCUT2D eigenvalue weighted by Crippen LogP contribution is -2.45. The number of aromatic nitrogens is 4. The van der Waals surface area contributed by atoms with E-state index < -0.39 is 5.41 Å². The lowest BCUT2D eigenvalue weighted by Gasteiger charge is -2.32. The molecule has 7 heteroatoms. The van der Waals surface area contributed by atoms with Gasteiger partial charge in [-0.1, -0.05) is 56.5 Å². The van der Waals surface area contributed by atoms with Gasteiger partial charge >= 0.3 is 0 Å². The molecule has 32 heavy (non-hydrogen) atoms. The van der Waals surface area contributed by atoms with Gasteiger partial charge in [0.25, 0.3) is 0 Å². The summed E-state index contributed by atoms with van der Waals surface area (Å²) in [5.41, 5.74) is 9.28. The number of nitrogens with zero attached hydrogens (tertiary/aromatic N) is 5. The molecule has 0 radical (unpaired) electrons. The minimum Gasteiger partial charge on any atom is -0.399 e. The number of amides is 1. The number of benzene rings is 2. The molecule has 3 rings (SSSR count). The molecule has 1 heterocycles. The highest BCUT2D eigenvalue weighted by atomic mass is 16.2. The monoisotopic (exact) mass is 434 g/mol. The van der Waals surface area contributed by atoms with Gasteiger partial charge in [0.05, 0.1) is 6.54 Å². The summed E-state index contributed by atoms with van der Waals surface area (Å²) in [5, 5.41) is 13.2. The number of unbranched alkanes of at least 4 members (excludes halogenated alkanes) is 3. The average Bonchev–Trinajstić information content (AvgIpc) is 3.29. The first kappa shape index (κ1) is 23.4. The van der Waals surface area contributed by atoms with Gasteiger partial charge < -0.3 is 10.6 Å². The molecule has 0 aliphatic heterocycles. The molecule has 1 atom stereocenters. The number of rotatable bonds is 9. The highest BCUT2D eigenvalue weighted by molar-refractivity contribution is 6.03. The van der Waals surface area contributed by atoms with Crippen LogP contribution in [0.1, 0.15) is 62.0 Å². The number of nitrogen functional groups attached to an aromatic ring is 1. The Labute approximate surface area is 190 Å². The second kappa shape index (κ2) is 9.94. The maximum absolute atomic E-state index is 14.0. The van der Waals surface area contributed by atoms with Crippen molar-refractivity contribution in [3.63, 3.8) is 0 Å². The summed E-state index contributed by atoms with van der Waals surface area (Å²) in [4.78, 5) is 17.3. The molecule has 3 aromatic rings. The number of tetrazole rings is 1. The molecule has 0 bridgehead atoms. The minimum atomic E-state index is -1.08. The third-order valence-electron chi connectivity index (χ3n) is 6.36. The molecule has 2 aromatic carbocycles. The average molecular weight is 435 g/mol. The second-order valence-corrected chi connectivity index (χ2v) is 8.55. The van der Waals surface area contributed by atoms with Crippen molar-refractivity contribution in [1.29, 1.82) is 0 Å². The quantitative estimate of drug-likeness (QED) is 0.398. The van der Waals surface area contributed by atoms with E-state index in [9.17, 15) is 4.79 Å². The van der Waals surface area contributed by atoms with Gasteiger partial charge in [-0.25, -0.2) is 0 Å². The molecule has 0 spiro atoms. The molecule has 0 saturated carbocycles. The van der Waals surface area contributed by atoms with E-state index in [2.05, 4.69) is 22.3 Å². The zero-order valence-corrected chi connectivity index (χ0v) is 19.8. The van der Waals surface area contributed by atoms with E-state index in [1.165, 1.54) is 12.8 Å². The number of carbonyl (C=O) groups excluding carboxylic acids is 1. The van der Waals surface area contributed by atoms with Crippen LogP contribution in [0, 0.1) is 13.8 Å². The van der Waals surface area contributed by atoms with E-state index >= 15 is 0 Å². The second-order valence-electron chi connectivity index (χ2n) is 8.55. The van der Waals surface area contributed by atoms with E-state index in [1.54, 1.807) is 16.7 Å². The molecule has 0 aliphatic carbocycles. The maximum Gasteiger partial charge on any atom is 0.245 e. The van der Waals surface area contributed by atoms with Crippen molar-refractivity contribution >= 4 is 17.3 Å². The van der Waals surface area contributed by atoms with Crippen LogP contribution in [0.2, 0.25) is 0 Å². The van der Waals surface area contributed by atoms with Crippen molar-refractivity contribution in [2.24, 2.45) is 0 Å². The maximum atomic E-state index is 14.0. The SMILES string of the molecule is CCCCCCn1nnc(C(C)(C(=O)N(C)c2ccc(N)c(C)c2C)c2ccccc2)n1. The van der Waals surface area contributed by atoms with Crippen molar-refractivity contribution in [3.8, 4) is 0 Å². The number of likely N-dealkylation sites (N-methyl/N-ethyl adjacent to an activating group) is 1. The summed E-state index contributed by atoms with van der Waals surface area (Å²) < 4.78 is 0. The van der Waals surface area contributed by atoms with E-state index in [0.717, 1.165) is 35.2 Å². The highest BCUT2D eigenvalue weighted by Gasteiger charge is 2.44. The van der Waals surface area contributed by atoms with Gasteiger partial charge in [0.2, 0.25) is 5.91 Å². The smallest absolute Gasteiger partial charge is 0.245 e. The van der Waals surface area contributed by atoms with Crippen molar-refractivity contribution in [3.05, 3.63) is 65.0 Å². The Bertz CT molecular complexity index is 1060. The number of nitrogens with two attached hydrogens (primary N) is 1. The topological polar surface area (TPSA) is 89.9 Å². The molecule has 1 aromatic heterocycles. The molecule has 0 fully saturated rings. The molecule has 7 nitrogen and oxygen atoms in total. The first-order valence-corrected chi connectivity index (χ1v) is 11.3. The lowest BCUT2D eigenvalue weighted by molar-refractivity contribution is -0.122. The molecule has 170 valence electrons. The summed E-state index contributed by atoms with van der Waals surface area (Å²) in [6.45, 7) is 8.70. The summed E-state index contributed by atoms with van der Waals surface area (Å²) >= 11 is 0. The highest BCUT2D eigenvalue weighted by Crippen LogP contribution is 2.35. The number of hydrogen-bond donors (Lipinski definition) is 1. The molecule has 1 amide bonds. The van der Waals surface area contributed by atoms with Crippen LogP contribution < -0.4 is 10.6 Å². The lowest BCUT2D eigenvalue weighted by atomic mass is 9.80. The van der Waals surface area contributed by atoms with Crippen LogP contribution in [0.25, 0.3) is 0 Å². The third kappa shape index (κ3) is 4.52. The Morgan fingerprint density at radius 3 is 2.47 bits per heavy atom. The van der Waals surface area contributed by atoms with Crippen molar-refractivity contribution in [2.75, 3.05) is 17.7 Å². The summed E-state index contributed by atoms with van der Waals surface area (Å²) in [5.74, 6) is 0.280. The zero-order valence-electron chi connectivity index (χ0n) is 19.8. The predicted molar refractivity (Wildman–Crippen MR) is 129 cm³/mol. The van der Waals surface area contributed by atoms with Gasteiger partial charge in [-0.3, -0.25) is 4.79 Å². The standard InChI is InChI=1S/C25H34N6O/c1-6-7-8-12-17-31-28-23(27-29-31)25(4,20-13-10-9-11-14-20)24(32)30(5)22-16-15-21(26)18(2)19(22)3/h9-11,13-16H,6-8,12,17,26H2,1-5H3. The number of hydrogen-bond acceptors (Lipinski definition) is 5. The predicted octanol–water partition coefficient (Wildman–Crippen LogP) is 4.42. The minimum absolute atomic E-state index is 0.124. The first-order chi connectivity index (χ1) is 15.3. The molecule has 0 saturated heterocycles. The summed E-state index contributed by atoms with van der Waals surface area (Å²) in [6.07, 6.45) is 4.48. The van der Waals surface area contributed by atoms with Gasteiger partial charge in [0.15, 0.2) is 5.82 Å². The first-order valence-electron chi connectivity index (χ1n) is 11.3. The number of aryl methyl sites for hydroxylation is 1. The Kier molecular flexibility index (Phi) is 7.28. The van der Waals surface area contributed by atoms with Crippen LogP contribution in [0.15, 0.2) is 42.5 Å². The molecule has 2 N–H and O–H groups in total. The van der Waals surface area contributed by atoms with Crippen LogP contribution in [0.4, 0.5) is 11.4 Å². The Balaban J connectivity index is 1.99. The van der Waals surface area contributed by atoms with E-state index in [4.69, 9.17) is 5.73 Å². The van der Waals surface area contributed by atoms with Crippen molar-refractivity contribution in [2.45, 2.75) is 65.3 Å². The normalized spacial score (nSPS) is 13.0. The molecule has 1 unspecified atom stereocenters.